The van der Waals surface area contributed by atoms with Crippen LogP contribution in [-0.2, 0) is 0 Å². The predicted octanol–water partition coefficient (Wildman–Crippen LogP) is 2.27. The summed E-state index contributed by atoms with van der Waals surface area (Å²) < 4.78 is 13.3. The molecule has 0 saturated heterocycles. The summed E-state index contributed by atoms with van der Waals surface area (Å²) in [5.74, 6) is 1.29. The number of hydrogen-bond donors (Lipinski definition) is 1. The van der Waals surface area contributed by atoms with Crippen molar-refractivity contribution in [2.45, 2.75) is 13.0 Å². The van der Waals surface area contributed by atoms with E-state index < -0.39 is 0 Å². The first-order valence-corrected chi connectivity index (χ1v) is 8.19. The number of para-hydroxylation sites is 2. The number of nitrogens with zero attached hydrogens (tertiary/aromatic N) is 2. The SMILES string of the molecule is Cc1nc2sccn2c1C(=O)NCC1COc2ccccc2O1. The molecule has 1 aromatic carbocycles. The minimum atomic E-state index is -0.208. The van der Waals surface area contributed by atoms with Crippen molar-refractivity contribution in [3.8, 4) is 11.5 Å². The number of benzene rings is 1. The maximum absolute atomic E-state index is 12.5. The van der Waals surface area contributed by atoms with Gasteiger partial charge in [-0.3, -0.25) is 9.20 Å². The Kier molecular flexibility index (Phi) is 3.42. The fourth-order valence-electron chi connectivity index (χ4n) is 2.62. The first-order valence-electron chi connectivity index (χ1n) is 7.31. The van der Waals surface area contributed by atoms with Gasteiger partial charge in [-0.2, -0.15) is 0 Å². The van der Waals surface area contributed by atoms with Crippen LogP contribution >= 0.6 is 11.3 Å². The molecule has 1 aliphatic heterocycles. The summed E-state index contributed by atoms with van der Waals surface area (Å²) in [5.41, 5.74) is 1.29. The Morgan fingerprint density at radius 1 is 1.43 bits per heavy atom. The number of amides is 1. The van der Waals surface area contributed by atoms with E-state index in [0.717, 1.165) is 16.4 Å². The maximum Gasteiger partial charge on any atom is 0.270 e. The van der Waals surface area contributed by atoms with E-state index in [2.05, 4.69) is 10.3 Å². The Morgan fingerprint density at radius 2 is 2.26 bits per heavy atom. The topological polar surface area (TPSA) is 64.9 Å². The van der Waals surface area contributed by atoms with E-state index in [9.17, 15) is 4.79 Å². The normalized spacial score (nSPS) is 16.5. The Bertz CT molecular complexity index is 870. The fourth-order valence-corrected chi connectivity index (χ4v) is 3.38. The lowest BCUT2D eigenvalue weighted by atomic mass is 10.2. The van der Waals surface area contributed by atoms with Gasteiger partial charge in [0.25, 0.3) is 5.91 Å². The average molecular weight is 329 g/mol. The number of fused-ring (bicyclic) bond motifs is 2. The minimum Gasteiger partial charge on any atom is -0.486 e. The largest absolute Gasteiger partial charge is 0.486 e. The van der Waals surface area contributed by atoms with Crippen molar-refractivity contribution in [3.63, 3.8) is 0 Å². The van der Waals surface area contributed by atoms with Gasteiger partial charge < -0.3 is 14.8 Å². The summed E-state index contributed by atoms with van der Waals surface area (Å²) in [6.45, 7) is 2.63. The van der Waals surface area contributed by atoms with Crippen molar-refractivity contribution in [2.24, 2.45) is 0 Å². The first kappa shape index (κ1) is 14.1. The zero-order valence-electron chi connectivity index (χ0n) is 12.5. The van der Waals surface area contributed by atoms with E-state index in [1.165, 1.54) is 11.3 Å². The van der Waals surface area contributed by atoms with E-state index in [-0.39, 0.29) is 12.0 Å². The standard InChI is InChI=1S/C16H15N3O3S/c1-10-14(19-6-7-23-16(19)18-10)15(20)17-8-11-9-21-12-4-2-3-5-13(12)22-11/h2-7,11H,8-9H2,1H3,(H,17,20). The third-order valence-corrected chi connectivity index (χ3v) is 4.47. The molecule has 23 heavy (non-hydrogen) atoms. The lowest BCUT2D eigenvalue weighted by Gasteiger charge is -2.26. The van der Waals surface area contributed by atoms with Crippen LogP contribution in [0.15, 0.2) is 35.8 Å². The van der Waals surface area contributed by atoms with E-state index in [4.69, 9.17) is 9.47 Å². The van der Waals surface area contributed by atoms with E-state index in [1.54, 1.807) is 0 Å². The highest BCUT2D eigenvalue weighted by Gasteiger charge is 2.23. The average Bonchev–Trinajstić information content (AvgIpc) is 3.12. The summed E-state index contributed by atoms with van der Waals surface area (Å²) in [5, 5.41) is 4.82. The lowest BCUT2D eigenvalue weighted by Crippen LogP contribution is -2.41. The number of nitrogens with one attached hydrogen (secondary N) is 1. The van der Waals surface area contributed by atoms with Gasteiger partial charge in [0.2, 0.25) is 0 Å². The molecule has 3 heterocycles. The summed E-state index contributed by atoms with van der Waals surface area (Å²) >= 11 is 1.51. The highest BCUT2D eigenvalue weighted by molar-refractivity contribution is 7.15. The van der Waals surface area contributed by atoms with Crippen molar-refractivity contribution < 1.29 is 14.3 Å². The molecule has 4 rings (SSSR count). The van der Waals surface area contributed by atoms with Gasteiger partial charge in [0.05, 0.1) is 12.2 Å². The van der Waals surface area contributed by atoms with Gasteiger partial charge in [-0.05, 0) is 19.1 Å². The van der Waals surface area contributed by atoms with Gasteiger partial charge in [0.1, 0.15) is 18.4 Å². The highest BCUT2D eigenvalue weighted by Crippen LogP contribution is 2.30. The zero-order valence-corrected chi connectivity index (χ0v) is 13.3. The molecule has 0 spiro atoms. The van der Waals surface area contributed by atoms with Gasteiger partial charge in [0.15, 0.2) is 16.5 Å². The van der Waals surface area contributed by atoms with Gasteiger partial charge in [-0.15, -0.1) is 11.3 Å². The van der Waals surface area contributed by atoms with Gasteiger partial charge in [-0.25, -0.2) is 4.98 Å². The number of rotatable bonds is 3. The molecule has 1 N–H and O–H groups in total. The molecule has 0 bridgehead atoms. The summed E-state index contributed by atoms with van der Waals surface area (Å²) in [6, 6.07) is 7.53. The molecule has 118 valence electrons. The predicted molar refractivity (Wildman–Crippen MR) is 86.5 cm³/mol. The van der Waals surface area contributed by atoms with Gasteiger partial charge in [-0.1, -0.05) is 12.1 Å². The van der Waals surface area contributed by atoms with Crippen LogP contribution in [0.1, 0.15) is 16.2 Å². The molecule has 2 aromatic heterocycles. The summed E-state index contributed by atoms with van der Waals surface area (Å²) in [7, 11) is 0. The van der Waals surface area contributed by atoms with Crippen LogP contribution in [-0.4, -0.2) is 34.5 Å². The second-order valence-corrected chi connectivity index (χ2v) is 6.18. The Labute approximate surface area is 136 Å². The molecule has 0 aliphatic carbocycles. The third-order valence-electron chi connectivity index (χ3n) is 3.71. The highest BCUT2D eigenvalue weighted by atomic mass is 32.1. The molecule has 6 nitrogen and oxygen atoms in total. The number of ether oxygens (including phenoxy) is 2. The molecule has 1 atom stereocenters. The monoisotopic (exact) mass is 329 g/mol. The second kappa shape index (κ2) is 5.58. The quantitative estimate of drug-likeness (QED) is 0.801. The van der Waals surface area contributed by atoms with E-state index >= 15 is 0 Å². The molecule has 3 aromatic rings. The lowest BCUT2D eigenvalue weighted by molar-refractivity contribution is 0.0785. The van der Waals surface area contributed by atoms with Gasteiger partial charge in [0, 0.05) is 11.6 Å². The minimum absolute atomic E-state index is 0.157. The summed E-state index contributed by atoms with van der Waals surface area (Å²) in [4.78, 5) is 17.7. The molecule has 0 radical (unpaired) electrons. The molecule has 1 unspecified atom stereocenters. The fraction of sp³-hybridized carbons (Fsp3) is 0.250. The Balaban J connectivity index is 1.44. The molecule has 1 amide bonds. The Morgan fingerprint density at radius 3 is 3.13 bits per heavy atom. The number of aromatic nitrogens is 2. The first-order chi connectivity index (χ1) is 11.2. The van der Waals surface area contributed by atoms with Crippen molar-refractivity contribution in [2.75, 3.05) is 13.2 Å². The van der Waals surface area contributed by atoms with Gasteiger partial charge >= 0.3 is 0 Å². The van der Waals surface area contributed by atoms with Crippen LogP contribution in [0.5, 0.6) is 11.5 Å². The van der Waals surface area contributed by atoms with Crippen LogP contribution in [0.25, 0.3) is 4.96 Å². The maximum atomic E-state index is 12.5. The molecular weight excluding hydrogens is 314 g/mol. The molecular formula is C16H15N3O3S. The van der Waals surface area contributed by atoms with Crippen LogP contribution in [0, 0.1) is 6.92 Å². The van der Waals surface area contributed by atoms with Crippen molar-refractivity contribution in [3.05, 3.63) is 47.2 Å². The van der Waals surface area contributed by atoms with Crippen LogP contribution in [0.2, 0.25) is 0 Å². The number of hydrogen-bond acceptors (Lipinski definition) is 5. The van der Waals surface area contributed by atoms with Crippen LogP contribution in [0.3, 0.4) is 0 Å². The number of thiazole rings is 1. The molecule has 0 fully saturated rings. The Hall–Kier alpha value is -2.54. The number of carbonyl (C=O) groups is 1. The third kappa shape index (κ3) is 2.53. The second-order valence-electron chi connectivity index (χ2n) is 5.31. The molecule has 0 saturated carbocycles. The van der Waals surface area contributed by atoms with Crippen molar-refractivity contribution in [1.29, 1.82) is 0 Å². The molecule has 1 aliphatic rings. The van der Waals surface area contributed by atoms with E-state index in [1.807, 2.05) is 47.2 Å². The number of aryl methyl sites for hydroxylation is 1. The van der Waals surface area contributed by atoms with Crippen molar-refractivity contribution in [1.82, 2.24) is 14.7 Å². The number of carbonyl (C=O) groups excluding carboxylic acids is 1. The summed E-state index contributed by atoms with van der Waals surface area (Å²) in [6.07, 6.45) is 1.64. The van der Waals surface area contributed by atoms with Crippen LogP contribution in [0.4, 0.5) is 0 Å². The molecule has 7 heteroatoms. The van der Waals surface area contributed by atoms with Crippen molar-refractivity contribution >= 4 is 22.2 Å². The number of imidazole rings is 1. The van der Waals surface area contributed by atoms with E-state index in [0.29, 0.717) is 24.6 Å². The zero-order chi connectivity index (χ0) is 15.8. The smallest absolute Gasteiger partial charge is 0.270 e. The van der Waals surface area contributed by atoms with Crippen LogP contribution < -0.4 is 14.8 Å².